The molecule has 0 radical (unpaired) electrons. The smallest absolute Gasteiger partial charge is 0.245 e. The zero-order valence-electron chi connectivity index (χ0n) is 27.6. The molecule has 260 valence electrons. The molecule has 4 rings (SSSR count). The van der Waals surface area contributed by atoms with E-state index in [1.807, 2.05) is 0 Å². The summed E-state index contributed by atoms with van der Waals surface area (Å²) in [7, 11) is -3.31. The van der Waals surface area contributed by atoms with Crippen LogP contribution in [0.1, 0.15) is 11.1 Å². The number of nitrogens with zero attached hydrogens (tertiary/aromatic N) is 2. The van der Waals surface area contributed by atoms with E-state index in [1.54, 1.807) is 109 Å². The number of benzene rings is 4. The number of amides is 2. The van der Waals surface area contributed by atoms with Crippen molar-refractivity contribution in [1.29, 1.82) is 0 Å². The minimum absolute atomic E-state index is 0.0470. The second-order valence-electron chi connectivity index (χ2n) is 11.3. The molecule has 0 spiro atoms. The lowest BCUT2D eigenvalue weighted by atomic mass is 10.1. The highest BCUT2D eigenvalue weighted by molar-refractivity contribution is 8.06. The Balaban J connectivity index is 1.56. The molecule has 0 saturated heterocycles. The van der Waals surface area contributed by atoms with Crippen LogP contribution in [0.15, 0.2) is 109 Å². The maximum absolute atomic E-state index is 13.7. The molecule has 4 aromatic rings. The monoisotopic (exact) mass is 708 g/mol. The van der Waals surface area contributed by atoms with Crippen LogP contribution in [0, 0.1) is 0 Å². The van der Waals surface area contributed by atoms with Gasteiger partial charge < -0.3 is 19.3 Å². The molecule has 0 saturated carbocycles. The van der Waals surface area contributed by atoms with Gasteiger partial charge in [0.15, 0.2) is 5.08 Å². The third kappa shape index (κ3) is 10.6. The zero-order chi connectivity index (χ0) is 35.6. The summed E-state index contributed by atoms with van der Waals surface area (Å²) in [6.07, 6.45) is -0.0940. The number of hydrogen-bond donors (Lipinski definition) is 2. The minimum atomic E-state index is -4.66. The van der Waals surface area contributed by atoms with Gasteiger partial charge in [-0.05, 0) is 72.5 Å². The molecule has 0 bridgehead atoms. The number of sulfonamides is 2. The lowest BCUT2D eigenvalue weighted by molar-refractivity contribution is -0.120. The highest BCUT2D eigenvalue weighted by Crippen LogP contribution is 2.21. The van der Waals surface area contributed by atoms with E-state index in [0.717, 1.165) is 0 Å². The molecule has 2 amide bonds. The van der Waals surface area contributed by atoms with Gasteiger partial charge in [-0.1, -0.05) is 60.7 Å². The fraction of sp³-hybridized carbons (Fsp3) is 0.257. The highest BCUT2D eigenvalue weighted by Gasteiger charge is 2.34. The van der Waals surface area contributed by atoms with E-state index in [1.165, 1.54) is 38.1 Å². The molecular formula is C35H40N4O8S2. The van der Waals surface area contributed by atoms with Crippen molar-refractivity contribution < 1.29 is 35.9 Å². The van der Waals surface area contributed by atoms with E-state index < -0.39 is 49.0 Å². The highest BCUT2D eigenvalue weighted by atomic mass is 32.3. The Hall–Kier alpha value is -4.76. The number of hydrogen-bond acceptors (Lipinski definition) is 8. The van der Waals surface area contributed by atoms with Gasteiger partial charge >= 0.3 is 0 Å². The molecule has 0 aliphatic heterocycles. The van der Waals surface area contributed by atoms with Crippen LogP contribution in [-0.4, -0.2) is 74.1 Å². The van der Waals surface area contributed by atoms with Crippen LogP contribution in [0.5, 0.6) is 11.5 Å². The molecule has 0 heterocycles. The van der Waals surface area contributed by atoms with Crippen molar-refractivity contribution in [1.82, 2.24) is 9.44 Å². The summed E-state index contributed by atoms with van der Waals surface area (Å²) in [5.74, 6) is -0.0754. The number of rotatable bonds is 16. The normalized spacial score (nSPS) is 12.8. The first kappa shape index (κ1) is 37.1. The minimum Gasteiger partial charge on any atom is -0.497 e. The number of anilines is 2. The molecule has 12 nitrogen and oxygen atoms in total. The predicted octanol–water partition coefficient (Wildman–Crippen LogP) is 3.35. The summed E-state index contributed by atoms with van der Waals surface area (Å²) in [4.78, 5) is 30.0. The first-order valence-electron chi connectivity index (χ1n) is 15.2. The molecule has 0 aromatic heterocycles. The van der Waals surface area contributed by atoms with Crippen LogP contribution in [0.3, 0.4) is 0 Å². The number of nitrogens with one attached hydrogen (secondary N) is 2. The molecule has 49 heavy (non-hydrogen) atoms. The van der Waals surface area contributed by atoms with Gasteiger partial charge in [0.1, 0.15) is 23.6 Å². The largest absolute Gasteiger partial charge is 0.497 e. The van der Waals surface area contributed by atoms with Crippen molar-refractivity contribution in [3.63, 3.8) is 0 Å². The summed E-state index contributed by atoms with van der Waals surface area (Å²) < 4.78 is 69.0. The van der Waals surface area contributed by atoms with Crippen molar-refractivity contribution in [2.45, 2.75) is 24.9 Å². The van der Waals surface area contributed by atoms with E-state index >= 15 is 0 Å². The lowest BCUT2D eigenvalue weighted by Crippen LogP contribution is -2.53. The van der Waals surface area contributed by atoms with Gasteiger partial charge in [-0.3, -0.25) is 9.59 Å². The van der Waals surface area contributed by atoms with Crippen molar-refractivity contribution in [2.75, 3.05) is 43.2 Å². The lowest BCUT2D eigenvalue weighted by Gasteiger charge is -2.26. The summed E-state index contributed by atoms with van der Waals surface area (Å²) in [6, 6.07) is 28.0. The second-order valence-corrected chi connectivity index (χ2v) is 15.1. The van der Waals surface area contributed by atoms with Gasteiger partial charge in [0.25, 0.3) is 0 Å². The fourth-order valence-electron chi connectivity index (χ4n) is 5.10. The van der Waals surface area contributed by atoms with Gasteiger partial charge in [-0.25, -0.2) is 26.3 Å². The Bertz CT molecular complexity index is 1770. The summed E-state index contributed by atoms with van der Waals surface area (Å²) in [5, 5.41) is -1.42. The standard InChI is InChI=1S/C35H40N4O8S2/c1-38(28-15-19-30(46-3)20-16-28)34(40)32(23-26-11-7-5-8-12-26)36-48(42,43)25-49(44,45)37-33(24-27-13-9-6-10-14-27)35(41)39(2)29-17-21-31(47-4)22-18-29/h5-22,32-33,36-37H,23-25H2,1-4H3/t32-,33-/m0/s1. The van der Waals surface area contributed by atoms with Gasteiger partial charge in [0, 0.05) is 25.5 Å². The second kappa shape index (κ2) is 16.6. The van der Waals surface area contributed by atoms with Crippen LogP contribution in [-0.2, 0) is 42.5 Å². The van der Waals surface area contributed by atoms with E-state index in [2.05, 4.69) is 9.44 Å². The maximum Gasteiger partial charge on any atom is 0.245 e. The van der Waals surface area contributed by atoms with Crippen molar-refractivity contribution in [2.24, 2.45) is 0 Å². The molecule has 0 unspecified atom stereocenters. The van der Waals surface area contributed by atoms with Crippen LogP contribution < -0.4 is 28.7 Å². The Morgan fingerprint density at radius 1 is 0.571 bits per heavy atom. The molecule has 14 heteroatoms. The molecular weight excluding hydrogens is 669 g/mol. The van der Waals surface area contributed by atoms with Gasteiger partial charge in [0.2, 0.25) is 31.9 Å². The topological polar surface area (TPSA) is 151 Å². The Morgan fingerprint density at radius 3 is 1.20 bits per heavy atom. The molecule has 0 fully saturated rings. The third-order valence-electron chi connectivity index (χ3n) is 7.70. The number of carbonyl (C=O) groups is 2. The van der Waals surface area contributed by atoms with Crippen molar-refractivity contribution in [3.8, 4) is 11.5 Å². The quantitative estimate of drug-likeness (QED) is 0.180. The van der Waals surface area contributed by atoms with Crippen molar-refractivity contribution >= 4 is 43.2 Å². The average molecular weight is 709 g/mol. The van der Waals surface area contributed by atoms with Crippen LogP contribution >= 0.6 is 0 Å². The molecule has 2 N–H and O–H groups in total. The van der Waals surface area contributed by atoms with E-state index in [0.29, 0.717) is 34.0 Å². The van der Waals surface area contributed by atoms with E-state index in [4.69, 9.17) is 9.47 Å². The van der Waals surface area contributed by atoms with E-state index in [-0.39, 0.29) is 12.8 Å². The van der Waals surface area contributed by atoms with Crippen molar-refractivity contribution in [3.05, 3.63) is 120 Å². The molecule has 4 aromatic carbocycles. The SMILES string of the molecule is COc1ccc(N(C)C(=O)[C@H](Cc2ccccc2)NS(=O)(=O)CS(=O)(=O)N[C@@H](Cc2ccccc2)C(=O)N(C)c2ccc(OC)cc2)cc1. The summed E-state index contributed by atoms with van der Waals surface area (Å²) in [5.41, 5.74) is 2.26. The van der Waals surface area contributed by atoms with Crippen LogP contribution in [0.25, 0.3) is 0 Å². The first-order chi connectivity index (χ1) is 23.3. The van der Waals surface area contributed by atoms with E-state index in [9.17, 15) is 26.4 Å². The predicted molar refractivity (Wildman–Crippen MR) is 190 cm³/mol. The Kier molecular flexibility index (Phi) is 12.5. The molecule has 0 aliphatic rings. The Morgan fingerprint density at radius 2 is 0.898 bits per heavy atom. The molecule has 2 atom stereocenters. The first-order valence-corrected chi connectivity index (χ1v) is 18.5. The zero-order valence-corrected chi connectivity index (χ0v) is 29.3. The third-order valence-corrected chi connectivity index (χ3v) is 11.5. The maximum atomic E-state index is 13.7. The van der Waals surface area contributed by atoms with Gasteiger partial charge in [0.05, 0.1) is 14.2 Å². The van der Waals surface area contributed by atoms with Gasteiger partial charge in [-0.15, -0.1) is 0 Å². The van der Waals surface area contributed by atoms with Crippen LogP contribution in [0.4, 0.5) is 11.4 Å². The number of ether oxygens (including phenoxy) is 2. The molecule has 0 aliphatic carbocycles. The average Bonchev–Trinajstić information content (AvgIpc) is 3.10. The number of likely N-dealkylation sites (N-methyl/N-ethyl adjacent to an activating group) is 2. The van der Waals surface area contributed by atoms with Crippen LogP contribution in [0.2, 0.25) is 0 Å². The Labute approximate surface area is 287 Å². The number of carbonyl (C=O) groups excluding carboxylic acids is 2. The fourth-order valence-corrected chi connectivity index (χ4v) is 8.51. The summed E-state index contributed by atoms with van der Waals surface area (Å²) in [6.45, 7) is 0. The van der Waals surface area contributed by atoms with Gasteiger partial charge in [-0.2, -0.15) is 0 Å². The number of methoxy groups -OCH3 is 2. The summed E-state index contributed by atoms with van der Waals surface area (Å²) >= 11 is 0.